The Balaban J connectivity index is 0.00000200. The normalized spacial score (nSPS) is 12.2. The molecule has 0 aliphatic rings. The Hall–Kier alpha value is -1.43. The number of rotatable bonds is 4. The Morgan fingerprint density at radius 1 is 1.15 bits per heavy atom. The molecule has 0 radical (unpaired) electrons. The summed E-state index contributed by atoms with van der Waals surface area (Å²) in [6.07, 6.45) is 1.07. The molecular formula is C14H15ClFNO2S. The van der Waals surface area contributed by atoms with E-state index in [1.807, 2.05) is 24.3 Å². The molecule has 0 atom stereocenters. The molecule has 0 saturated heterocycles. The lowest BCUT2D eigenvalue weighted by atomic mass is 10.1. The van der Waals surface area contributed by atoms with Crippen LogP contribution in [0.15, 0.2) is 59.3 Å². The molecule has 2 rings (SSSR count). The summed E-state index contributed by atoms with van der Waals surface area (Å²) in [4.78, 5) is 0.117. The van der Waals surface area contributed by atoms with Gasteiger partial charge in [0.25, 0.3) is 0 Å². The highest BCUT2D eigenvalue weighted by Crippen LogP contribution is 2.21. The van der Waals surface area contributed by atoms with Gasteiger partial charge in [-0.3, -0.25) is 0 Å². The highest BCUT2D eigenvalue weighted by Gasteiger charge is 2.17. The Morgan fingerprint density at radius 2 is 1.80 bits per heavy atom. The van der Waals surface area contributed by atoms with E-state index >= 15 is 0 Å². The maximum atomic E-state index is 13.3. The van der Waals surface area contributed by atoms with E-state index in [1.165, 1.54) is 6.07 Å². The van der Waals surface area contributed by atoms with E-state index in [0.717, 1.165) is 16.8 Å². The number of hydrogen-bond acceptors (Lipinski definition) is 3. The van der Waals surface area contributed by atoms with Gasteiger partial charge in [0.05, 0.1) is 4.90 Å². The van der Waals surface area contributed by atoms with Crippen molar-refractivity contribution >= 4 is 33.0 Å². The lowest BCUT2D eigenvalue weighted by Crippen LogP contribution is -2.08. The molecule has 0 saturated carbocycles. The fourth-order valence-electron chi connectivity index (χ4n) is 1.81. The molecule has 0 aromatic heterocycles. The van der Waals surface area contributed by atoms with E-state index in [-0.39, 0.29) is 23.8 Å². The van der Waals surface area contributed by atoms with Crippen molar-refractivity contribution in [3.05, 3.63) is 54.4 Å². The second-order valence-electron chi connectivity index (χ2n) is 4.15. The quantitative estimate of drug-likeness (QED) is 0.943. The Labute approximate surface area is 123 Å². The van der Waals surface area contributed by atoms with Crippen molar-refractivity contribution in [1.82, 2.24) is 0 Å². The summed E-state index contributed by atoms with van der Waals surface area (Å²) in [6.45, 7) is -0.0148. The molecule has 20 heavy (non-hydrogen) atoms. The zero-order valence-electron chi connectivity index (χ0n) is 10.6. The topological polar surface area (TPSA) is 60.2 Å². The van der Waals surface area contributed by atoms with E-state index in [9.17, 15) is 12.8 Å². The predicted octanol–water partition coefficient (Wildman–Crippen LogP) is 2.85. The molecule has 0 aliphatic carbocycles. The molecule has 0 amide bonds. The van der Waals surface area contributed by atoms with Gasteiger partial charge < -0.3 is 5.73 Å². The van der Waals surface area contributed by atoms with Crippen molar-refractivity contribution in [3.8, 4) is 0 Å². The first kappa shape index (κ1) is 16.6. The number of halogens is 2. The van der Waals surface area contributed by atoms with Crippen molar-refractivity contribution in [3.63, 3.8) is 0 Å². The Kier molecular flexibility index (Phi) is 5.68. The van der Waals surface area contributed by atoms with Crippen LogP contribution in [0, 0.1) is 0 Å². The predicted molar refractivity (Wildman–Crippen MR) is 81.5 cm³/mol. The average molecular weight is 316 g/mol. The van der Waals surface area contributed by atoms with Crippen LogP contribution in [0.1, 0.15) is 0 Å². The van der Waals surface area contributed by atoms with E-state index in [2.05, 4.69) is 0 Å². The first-order valence-corrected chi connectivity index (χ1v) is 7.44. The van der Waals surface area contributed by atoms with Crippen LogP contribution in [0.5, 0.6) is 0 Å². The third-order valence-electron chi connectivity index (χ3n) is 2.75. The van der Waals surface area contributed by atoms with Gasteiger partial charge in [0.2, 0.25) is 0 Å². The second kappa shape index (κ2) is 6.83. The van der Waals surface area contributed by atoms with E-state index in [1.54, 1.807) is 12.1 Å². The molecular weight excluding hydrogens is 301 g/mol. The van der Waals surface area contributed by atoms with Crippen molar-refractivity contribution in [2.45, 2.75) is 4.90 Å². The van der Waals surface area contributed by atoms with Gasteiger partial charge in [-0.25, -0.2) is 12.8 Å². The second-order valence-corrected chi connectivity index (χ2v) is 6.14. The first-order chi connectivity index (χ1) is 9.03. The van der Waals surface area contributed by atoms with Crippen LogP contribution in [0.4, 0.5) is 4.39 Å². The molecule has 0 heterocycles. The molecule has 2 N–H and O–H groups in total. The van der Waals surface area contributed by atoms with Crippen LogP contribution in [-0.4, -0.2) is 20.7 Å². The van der Waals surface area contributed by atoms with Gasteiger partial charge in [-0.05, 0) is 29.0 Å². The number of fused-ring (bicyclic) bond motifs is 1. The Morgan fingerprint density at radius 3 is 2.45 bits per heavy atom. The lowest BCUT2D eigenvalue weighted by Gasteiger charge is -2.05. The SMILES string of the molecule is Cl.NC/C=C(\F)CS(=O)(=O)c1ccc2ccccc2c1. The maximum Gasteiger partial charge on any atom is 0.184 e. The minimum absolute atomic E-state index is 0. The minimum atomic E-state index is -3.67. The van der Waals surface area contributed by atoms with Crippen LogP contribution in [0.2, 0.25) is 0 Å². The van der Waals surface area contributed by atoms with Gasteiger partial charge in [-0.2, -0.15) is 0 Å². The smallest absolute Gasteiger partial charge is 0.184 e. The van der Waals surface area contributed by atoms with Crippen LogP contribution < -0.4 is 5.73 Å². The molecule has 0 aliphatic heterocycles. The highest BCUT2D eigenvalue weighted by molar-refractivity contribution is 7.91. The summed E-state index contributed by atoms with van der Waals surface area (Å²) in [5, 5.41) is 1.76. The maximum absolute atomic E-state index is 13.3. The van der Waals surface area contributed by atoms with E-state index < -0.39 is 21.4 Å². The molecule has 3 nitrogen and oxygen atoms in total. The molecule has 108 valence electrons. The molecule has 2 aromatic carbocycles. The van der Waals surface area contributed by atoms with E-state index in [4.69, 9.17) is 5.73 Å². The number of sulfone groups is 1. The summed E-state index contributed by atoms with van der Waals surface area (Å²) < 4.78 is 37.4. The summed E-state index contributed by atoms with van der Waals surface area (Å²) in [5.74, 6) is -1.38. The zero-order chi connectivity index (χ0) is 13.9. The van der Waals surface area contributed by atoms with Crippen molar-refractivity contribution < 1.29 is 12.8 Å². The molecule has 0 unspecified atom stereocenters. The van der Waals surface area contributed by atoms with Crippen LogP contribution in [0.3, 0.4) is 0 Å². The first-order valence-electron chi connectivity index (χ1n) is 5.79. The third kappa shape index (κ3) is 3.79. The van der Waals surface area contributed by atoms with Crippen molar-refractivity contribution in [2.75, 3.05) is 12.3 Å². The van der Waals surface area contributed by atoms with Crippen LogP contribution in [0.25, 0.3) is 10.8 Å². The van der Waals surface area contributed by atoms with Crippen LogP contribution >= 0.6 is 12.4 Å². The summed E-state index contributed by atoms with van der Waals surface area (Å²) in [5.41, 5.74) is 5.15. The highest BCUT2D eigenvalue weighted by atomic mass is 35.5. The monoisotopic (exact) mass is 315 g/mol. The van der Waals surface area contributed by atoms with Gasteiger partial charge in [-0.1, -0.05) is 30.3 Å². The van der Waals surface area contributed by atoms with Gasteiger partial charge in [-0.15, -0.1) is 12.4 Å². The van der Waals surface area contributed by atoms with Crippen molar-refractivity contribution in [2.24, 2.45) is 5.73 Å². The number of nitrogens with two attached hydrogens (primary N) is 1. The Bertz CT molecular complexity index is 729. The summed E-state index contributed by atoms with van der Waals surface area (Å²) in [7, 11) is -3.67. The van der Waals surface area contributed by atoms with Crippen LogP contribution in [-0.2, 0) is 9.84 Å². The zero-order valence-corrected chi connectivity index (χ0v) is 12.3. The largest absolute Gasteiger partial charge is 0.327 e. The van der Waals surface area contributed by atoms with Gasteiger partial charge in [0.1, 0.15) is 11.6 Å². The van der Waals surface area contributed by atoms with E-state index in [0.29, 0.717) is 0 Å². The van der Waals surface area contributed by atoms with Crippen molar-refractivity contribution in [1.29, 1.82) is 0 Å². The fourth-order valence-corrected chi connectivity index (χ4v) is 3.04. The summed E-state index contributed by atoms with van der Waals surface area (Å²) in [6, 6.07) is 12.2. The third-order valence-corrected chi connectivity index (χ3v) is 4.38. The molecule has 0 spiro atoms. The summed E-state index contributed by atoms with van der Waals surface area (Å²) >= 11 is 0. The fraction of sp³-hybridized carbons (Fsp3) is 0.143. The van der Waals surface area contributed by atoms with Gasteiger partial charge in [0, 0.05) is 6.54 Å². The minimum Gasteiger partial charge on any atom is -0.327 e. The molecule has 0 fully saturated rings. The lowest BCUT2D eigenvalue weighted by molar-refractivity contribution is 0.583. The number of benzene rings is 2. The average Bonchev–Trinajstić information content (AvgIpc) is 2.37. The molecule has 6 heteroatoms. The number of hydrogen-bond donors (Lipinski definition) is 1. The van der Waals surface area contributed by atoms with Gasteiger partial charge in [0.15, 0.2) is 9.84 Å². The van der Waals surface area contributed by atoms with Gasteiger partial charge >= 0.3 is 0 Å². The molecule has 0 bridgehead atoms. The standard InChI is InChI=1S/C14H14FNO2S.ClH/c15-13(7-8-16)10-19(17,18)14-6-5-11-3-1-2-4-12(11)9-14;/h1-7,9H,8,10,16H2;1H/b13-7-;. The molecule has 2 aromatic rings.